The number of carboxylic acids is 1. The highest BCUT2D eigenvalue weighted by Gasteiger charge is 2.62. The third kappa shape index (κ3) is 3.50. The van der Waals surface area contributed by atoms with Crippen molar-refractivity contribution in [1.29, 1.82) is 0 Å². The molecular formula is C26H42O4. The lowest BCUT2D eigenvalue weighted by atomic mass is 9.42. The van der Waals surface area contributed by atoms with E-state index in [1.54, 1.807) is 0 Å². The first-order valence-corrected chi connectivity index (χ1v) is 12.5. The largest absolute Gasteiger partial charge is 0.481 e. The molecule has 10 atom stereocenters. The Morgan fingerprint density at radius 1 is 1.10 bits per heavy atom. The molecule has 0 aromatic carbocycles. The number of carboxylic acid groups (broad SMARTS) is 1. The number of fused-ring (bicyclic) bond motifs is 5. The lowest BCUT2D eigenvalue weighted by Gasteiger charge is -2.63. The van der Waals surface area contributed by atoms with Crippen LogP contribution in [-0.4, -0.2) is 23.7 Å². The highest BCUT2D eigenvalue weighted by molar-refractivity contribution is 5.66. The van der Waals surface area contributed by atoms with Gasteiger partial charge < -0.3 is 9.84 Å². The van der Waals surface area contributed by atoms with Crippen LogP contribution in [0.15, 0.2) is 0 Å². The molecule has 4 nitrogen and oxygen atoms in total. The van der Waals surface area contributed by atoms with Crippen molar-refractivity contribution in [2.24, 2.45) is 52.3 Å². The molecule has 0 spiro atoms. The number of rotatable bonds is 6. The van der Waals surface area contributed by atoms with Crippen molar-refractivity contribution in [3.63, 3.8) is 0 Å². The van der Waals surface area contributed by atoms with Crippen molar-refractivity contribution in [2.75, 3.05) is 0 Å². The molecule has 0 aromatic rings. The molecule has 0 heterocycles. The molecule has 0 radical (unpaired) electrons. The van der Waals surface area contributed by atoms with Gasteiger partial charge in [0.2, 0.25) is 0 Å². The Balaban J connectivity index is 1.53. The zero-order valence-corrected chi connectivity index (χ0v) is 19.4. The van der Waals surface area contributed by atoms with Crippen molar-refractivity contribution in [1.82, 2.24) is 0 Å². The topological polar surface area (TPSA) is 63.6 Å². The van der Waals surface area contributed by atoms with Crippen LogP contribution >= 0.6 is 0 Å². The zero-order chi connectivity index (χ0) is 21.7. The molecule has 0 aliphatic heterocycles. The quantitative estimate of drug-likeness (QED) is 0.543. The molecule has 1 unspecified atom stereocenters. The molecule has 4 aliphatic rings. The fourth-order valence-corrected chi connectivity index (χ4v) is 9.33. The minimum absolute atomic E-state index is 0.129. The average Bonchev–Trinajstić information content (AvgIpc) is 3.04. The Labute approximate surface area is 182 Å². The van der Waals surface area contributed by atoms with Crippen LogP contribution in [0.1, 0.15) is 91.9 Å². The summed E-state index contributed by atoms with van der Waals surface area (Å²) in [5, 5.41) is 9.15. The van der Waals surface area contributed by atoms with E-state index in [0.717, 1.165) is 42.9 Å². The number of hydrogen-bond donors (Lipinski definition) is 1. The van der Waals surface area contributed by atoms with Crippen LogP contribution in [0.2, 0.25) is 0 Å². The minimum Gasteiger partial charge on any atom is -0.481 e. The van der Waals surface area contributed by atoms with Crippen molar-refractivity contribution < 1.29 is 19.4 Å². The Hall–Kier alpha value is -1.06. The van der Waals surface area contributed by atoms with Crippen molar-refractivity contribution in [3.8, 4) is 0 Å². The van der Waals surface area contributed by atoms with E-state index in [1.165, 1.54) is 38.5 Å². The molecule has 4 heteroatoms. The van der Waals surface area contributed by atoms with Crippen LogP contribution in [0.25, 0.3) is 0 Å². The molecule has 0 aromatic heterocycles. The maximum Gasteiger partial charge on any atom is 0.303 e. The molecule has 1 N–H and O–H groups in total. The van der Waals surface area contributed by atoms with Gasteiger partial charge in [0.15, 0.2) is 0 Å². The SMILES string of the molecule is CC1C[C@@H]2C[C@H](OC=O)CC[C@]2(C)[C@H]2CC[C@]3(C)[C@@H]([C@H](C)CCC(=O)O)CC[C@H]3[C@H]12. The van der Waals surface area contributed by atoms with Gasteiger partial charge in [-0.1, -0.05) is 27.7 Å². The maximum atomic E-state index is 11.1. The Bertz CT molecular complexity index is 661. The number of hydrogen-bond acceptors (Lipinski definition) is 3. The van der Waals surface area contributed by atoms with Crippen LogP contribution in [-0.2, 0) is 14.3 Å². The Morgan fingerprint density at radius 2 is 1.80 bits per heavy atom. The van der Waals surface area contributed by atoms with Gasteiger partial charge in [0.1, 0.15) is 6.10 Å². The summed E-state index contributed by atoms with van der Waals surface area (Å²) < 4.78 is 5.39. The lowest BCUT2D eigenvalue weighted by Crippen LogP contribution is -2.56. The monoisotopic (exact) mass is 418 g/mol. The van der Waals surface area contributed by atoms with Gasteiger partial charge in [-0.05, 0) is 110 Å². The normalized spacial score (nSPS) is 48.7. The second-order valence-electron chi connectivity index (χ2n) is 12.0. The molecule has 0 amide bonds. The van der Waals surface area contributed by atoms with Gasteiger partial charge in [-0.25, -0.2) is 0 Å². The van der Waals surface area contributed by atoms with Crippen LogP contribution in [0.3, 0.4) is 0 Å². The van der Waals surface area contributed by atoms with E-state index in [0.29, 0.717) is 41.5 Å². The van der Waals surface area contributed by atoms with Crippen LogP contribution in [0.5, 0.6) is 0 Å². The molecule has 30 heavy (non-hydrogen) atoms. The number of carbonyl (C=O) groups excluding carboxylic acids is 1. The molecule has 4 aliphatic carbocycles. The van der Waals surface area contributed by atoms with E-state index >= 15 is 0 Å². The van der Waals surface area contributed by atoms with Gasteiger partial charge in [0, 0.05) is 6.42 Å². The van der Waals surface area contributed by atoms with E-state index in [2.05, 4.69) is 27.7 Å². The lowest BCUT2D eigenvalue weighted by molar-refractivity contribution is -0.161. The van der Waals surface area contributed by atoms with Gasteiger partial charge in [-0.2, -0.15) is 0 Å². The first-order chi connectivity index (χ1) is 14.2. The van der Waals surface area contributed by atoms with Gasteiger partial charge in [0.05, 0.1) is 0 Å². The Kier molecular flexibility index (Phi) is 6.00. The second kappa shape index (κ2) is 8.13. The maximum absolute atomic E-state index is 11.1. The third-order valence-corrected chi connectivity index (χ3v) is 10.8. The summed E-state index contributed by atoms with van der Waals surface area (Å²) in [6.45, 7) is 10.6. The second-order valence-corrected chi connectivity index (χ2v) is 12.0. The molecular weight excluding hydrogens is 376 g/mol. The van der Waals surface area contributed by atoms with Crippen molar-refractivity contribution in [2.45, 2.75) is 98.0 Å². The fraction of sp³-hybridized carbons (Fsp3) is 0.923. The van der Waals surface area contributed by atoms with E-state index in [4.69, 9.17) is 9.84 Å². The number of ether oxygens (including phenoxy) is 1. The fourth-order valence-electron chi connectivity index (χ4n) is 9.33. The van der Waals surface area contributed by atoms with E-state index < -0.39 is 5.97 Å². The molecule has 4 saturated carbocycles. The summed E-state index contributed by atoms with van der Waals surface area (Å²) >= 11 is 0. The number of aliphatic carboxylic acids is 1. The summed E-state index contributed by atoms with van der Waals surface area (Å²) in [6.07, 6.45) is 11.1. The van der Waals surface area contributed by atoms with E-state index in [-0.39, 0.29) is 6.10 Å². The average molecular weight is 419 g/mol. The summed E-state index contributed by atoms with van der Waals surface area (Å²) in [7, 11) is 0. The molecule has 4 fully saturated rings. The minimum atomic E-state index is -0.653. The van der Waals surface area contributed by atoms with E-state index in [9.17, 15) is 9.59 Å². The summed E-state index contributed by atoms with van der Waals surface area (Å²) in [5.41, 5.74) is 0.780. The Morgan fingerprint density at radius 3 is 2.50 bits per heavy atom. The molecule has 170 valence electrons. The van der Waals surface area contributed by atoms with Crippen LogP contribution < -0.4 is 0 Å². The molecule has 4 rings (SSSR count). The summed E-state index contributed by atoms with van der Waals surface area (Å²) in [6, 6.07) is 0. The number of carbonyl (C=O) groups is 2. The van der Waals surface area contributed by atoms with Gasteiger partial charge in [-0.15, -0.1) is 0 Å². The summed E-state index contributed by atoms with van der Waals surface area (Å²) in [5.74, 6) is 4.36. The molecule has 0 saturated heterocycles. The van der Waals surface area contributed by atoms with Gasteiger partial charge >= 0.3 is 5.97 Å². The van der Waals surface area contributed by atoms with Crippen LogP contribution in [0, 0.1) is 52.3 Å². The summed E-state index contributed by atoms with van der Waals surface area (Å²) in [4.78, 5) is 22.0. The van der Waals surface area contributed by atoms with Crippen molar-refractivity contribution in [3.05, 3.63) is 0 Å². The van der Waals surface area contributed by atoms with Crippen LogP contribution in [0.4, 0.5) is 0 Å². The zero-order valence-electron chi connectivity index (χ0n) is 19.4. The molecule has 0 bridgehead atoms. The predicted molar refractivity (Wildman–Crippen MR) is 117 cm³/mol. The van der Waals surface area contributed by atoms with E-state index in [1.807, 2.05) is 0 Å². The highest BCUT2D eigenvalue weighted by Crippen LogP contribution is 2.69. The van der Waals surface area contributed by atoms with Crippen molar-refractivity contribution >= 4 is 12.4 Å². The highest BCUT2D eigenvalue weighted by atomic mass is 16.5. The first-order valence-electron chi connectivity index (χ1n) is 12.5. The third-order valence-electron chi connectivity index (χ3n) is 10.8. The van der Waals surface area contributed by atoms with Gasteiger partial charge in [0.25, 0.3) is 6.47 Å². The smallest absolute Gasteiger partial charge is 0.303 e. The predicted octanol–water partition coefficient (Wildman–Crippen LogP) is 5.93. The first kappa shape index (κ1) is 22.1. The standard InChI is InChI=1S/C26H42O4/c1-16(5-8-23(28)29)20-6-7-21-24-17(2)13-18-14-19(30-15-27)9-11-25(18,3)22(24)10-12-26(20,21)4/h15-22,24H,5-14H2,1-4H3,(H,28,29)/t16-,17?,18-,19-,20-,21+,22+,24+,25+,26-/m1/s1. The van der Waals surface area contributed by atoms with Gasteiger partial charge in [-0.3, -0.25) is 9.59 Å².